The van der Waals surface area contributed by atoms with Crippen molar-refractivity contribution in [1.82, 2.24) is 0 Å². The second kappa shape index (κ2) is 6.17. The lowest BCUT2D eigenvalue weighted by atomic mass is 10.2. The molecular formula is C18H15ClN2O5. The van der Waals surface area contributed by atoms with Crippen LogP contribution in [0.2, 0.25) is 5.02 Å². The number of hydrogen-bond donors (Lipinski definition) is 1. The number of amides is 1. The molecule has 1 fully saturated rings. The monoisotopic (exact) mass is 374 g/mol. The van der Waals surface area contributed by atoms with E-state index in [1.54, 1.807) is 18.2 Å². The van der Waals surface area contributed by atoms with E-state index in [1.807, 2.05) is 0 Å². The summed E-state index contributed by atoms with van der Waals surface area (Å²) in [5, 5.41) is 13.5. The Kier molecular flexibility index (Phi) is 3.96. The van der Waals surface area contributed by atoms with E-state index in [0.29, 0.717) is 17.2 Å². The second-order valence-electron chi connectivity index (χ2n) is 6.36. The number of benzene rings is 2. The number of nitrogens with one attached hydrogen (secondary N) is 1. The predicted octanol–water partition coefficient (Wildman–Crippen LogP) is 4.54. The minimum atomic E-state index is -0.565. The molecule has 0 saturated heterocycles. The molecule has 1 amide bonds. The molecule has 26 heavy (non-hydrogen) atoms. The van der Waals surface area contributed by atoms with Gasteiger partial charge in [0.1, 0.15) is 0 Å². The van der Waals surface area contributed by atoms with Gasteiger partial charge in [-0.15, -0.1) is 0 Å². The Morgan fingerprint density at radius 1 is 1.12 bits per heavy atom. The number of non-ortho nitro benzene ring substituents is 1. The first kappa shape index (κ1) is 16.7. The van der Waals surface area contributed by atoms with Crippen LogP contribution < -0.4 is 14.8 Å². The SMILES string of the molecule is O=C(Nc1ccc2c(c1)OC1(CCCC1)O2)c1ccc([N+](=O)[O-])cc1Cl. The maximum absolute atomic E-state index is 12.4. The highest BCUT2D eigenvalue weighted by Crippen LogP contribution is 2.47. The zero-order chi connectivity index (χ0) is 18.3. The number of nitrogens with zero attached hydrogens (tertiary/aromatic N) is 1. The quantitative estimate of drug-likeness (QED) is 0.629. The van der Waals surface area contributed by atoms with E-state index in [-0.39, 0.29) is 16.3 Å². The lowest BCUT2D eigenvalue weighted by Gasteiger charge is -2.21. The van der Waals surface area contributed by atoms with Crippen molar-refractivity contribution in [2.24, 2.45) is 0 Å². The van der Waals surface area contributed by atoms with Gasteiger partial charge in [0.05, 0.1) is 15.5 Å². The van der Waals surface area contributed by atoms with Crippen LogP contribution in [-0.2, 0) is 0 Å². The number of carbonyl (C=O) groups is 1. The van der Waals surface area contributed by atoms with Gasteiger partial charge in [0.15, 0.2) is 11.5 Å². The number of fused-ring (bicyclic) bond motifs is 1. The van der Waals surface area contributed by atoms with E-state index in [2.05, 4.69) is 5.32 Å². The van der Waals surface area contributed by atoms with E-state index in [1.165, 1.54) is 12.1 Å². The highest BCUT2D eigenvalue weighted by Gasteiger charge is 2.44. The van der Waals surface area contributed by atoms with Crippen LogP contribution in [0.5, 0.6) is 11.5 Å². The summed E-state index contributed by atoms with van der Waals surface area (Å²) in [4.78, 5) is 22.6. The lowest BCUT2D eigenvalue weighted by Crippen LogP contribution is -2.34. The number of ether oxygens (including phenoxy) is 2. The average Bonchev–Trinajstić information content (AvgIpc) is 3.20. The van der Waals surface area contributed by atoms with Gasteiger partial charge in [0.2, 0.25) is 0 Å². The molecule has 1 aliphatic heterocycles. The molecule has 2 aliphatic rings. The maximum Gasteiger partial charge on any atom is 0.270 e. The van der Waals surface area contributed by atoms with Gasteiger partial charge in [-0.3, -0.25) is 14.9 Å². The normalized spacial score (nSPS) is 16.7. The molecule has 0 bridgehead atoms. The number of anilines is 1. The summed E-state index contributed by atoms with van der Waals surface area (Å²) in [6, 6.07) is 8.91. The van der Waals surface area contributed by atoms with Gasteiger partial charge in [-0.2, -0.15) is 0 Å². The van der Waals surface area contributed by atoms with E-state index in [9.17, 15) is 14.9 Å². The first-order chi connectivity index (χ1) is 12.5. The van der Waals surface area contributed by atoms with Crippen LogP contribution >= 0.6 is 11.6 Å². The van der Waals surface area contributed by atoms with Crippen LogP contribution in [0.15, 0.2) is 36.4 Å². The van der Waals surface area contributed by atoms with Crippen molar-refractivity contribution in [3.63, 3.8) is 0 Å². The summed E-state index contributed by atoms with van der Waals surface area (Å²) >= 11 is 6.00. The number of carbonyl (C=O) groups excluding carboxylic acids is 1. The Morgan fingerprint density at radius 3 is 2.54 bits per heavy atom. The summed E-state index contributed by atoms with van der Waals surface area (Å²) < 4.78 is 11.9. The van der Waals surface area contributed by atoms with Crippen LogP contribution in [0.25, 0.3) is 0 Å². The Hall–Kier alpha value is -2.80. The van der Waals surface area contributed by atoms with Crippen molar-refractivity contribution < 1.29 is 19.2 Å². The fourth-order valence-electron chi connectivity index (χ4n) is 3.29. The van der Waals surface area contributed by atoms with Gasteiger partial charge in [0.25, 0.3) is 17.4 Å². The highest BCUT2D eigenvalue weighted by molar-refractivity contribution is 6.34. The minimum absolute atomic E-state index is 0.0161. The summed E-state index contributed by atoms with van der Waals surface area (Å²) in [6.07, 6.45) is 3.83. The van der Waals surface area contributed by atoms with Gasteiger partial charge in [-0.1, -0.05) is 11.6 Å². The third kappa shape index (κ3) is 2.94. The Bertz CT molecular complexity index is 908. The van der Waals surface area contributed by atoms with Gasteiger partial charge in [-0.25, -0.2) is 0 Å². The third-order valence-electron chi connectivity index (χ3n) is 4.57. The lowest BCUT2D eigenvalue weighted by molar-refractivity contribution is -0.384. The molecule has 0 radical (unpaired) electrons. The number of hydrogen-bond acceptors (Lipinski definition) is 5. The smallest absolute Gasteiger partial charge is 0.270 e. The van der Waals surface area contributed by atoms with E-state index in [0.717, 1.165) is 31.7 Å². The highest BCUT2D eigenvalue weighted by atomic mass is 35.5. The van der Waals surface area contributed by atoms with E-state index in [4.69, 9.17) is 21.1 Å². The zero-order valence-corrected chi connectivity index (χ0v) is 14.4. The fourth-order valence-corrected chi connectivity index (χ4v) is 3.55. The topological polar surface area (TPSA) is 90.7 Å². The molecule has 1 saturated carbocycles. The zero-order valence-electron chi connectivity index (χ0n) is 13.7. The van der Waals surface area contributed by atoms with Crippen LogP contribution in [0.3, 0.4) is 0 Å². The Balaban J connectivity index is 1.52. The molecular weight excluding hydrogens is 360 g/mol. The van der Waals surface area contributed by atoms with Crippen LogP contribution in [0.1, 0.15) is 36.0 Å². The second-order valence-corrected chi connectivity index (χ2v) is 6.77. The first-order valence-electron chi connectivity index (χ1n) is 8.23. The maximum atomic E-state index is 12.4. The molecule has 134 valence electrons. The van der Waals surface area contributed by atoms with E-state index < -0.39 is 16.6 Å². The minimum Gasteiger partial charge on any atom is -0.448 e. The average molecular weight is 375 g/mol. The van der Waals surface area contributed by atoms with Crippen LogP contribution in [0.4, 0.5) is 11.4 Å². The van der Waals surface area contributed by atoms with Crippen LogP contribution in [0, 0.1) is 10.1 Å². The van der Waals surface area contributed by atoms with Crippen molar-refractivity contribution in [3.8, 4) is 11.5 Å². The molecule has 2 aromatic carbocycles. The molecule has 1 N–H and O–H groups in total. The first-order valence-corrected chi connectivity index (χ1v) is 8.61. The molecule has 0 aromatic heterocycles. The van der Waals surface area contributed by atoms with Crippen LogP contribution in [-0.4, -0.2) is 16.6 Å². The van der Waals surface area contributed by atoms with Gasteiger partial charge >= 0.3 is 0 Å². The molecule has 2 aromatic rings. The molecule has 0 unspecified atom stereocenters. The van der Waals surface area contributed by atoms with Gasteiger partial charge < -0.3 is 14.8 Å². The van der Waals surface area contributed by atoms with Gasteiger partial charge in [0, 0.05) is 36.7 Å². The van der Waals surface area contributed by atoms with Crippen molar-refractivity contribution in [3.05, 3.63) is 57.1 Å². The molecule has 1 heterocycles. The molecule has 1 spiro atoms. The van der Waals surface area contributed by atoms with E-state index >= 15 is 0 Å². The summed E-state index contributed by atoms with van der Waals surface area (Å²) in [5.41, 5.74) is 0.514. The summed E-state index contributed by atoms with van der Waals surface area (Å²) in [5.74, 6) is 0.240. The van der Waals surface area contributed by atoms with Crippen molar-refractivity contribution in [2.75, 3.05) is 5.32 Å². The molecule has 4 rings (SSSR count). The number of rotatable bonds is 3. The third-order valence-corrected chi connectivity index (χ3v) is 4.88. The standard InChI is InChI=1S/C18H15ClN2O5/c19-14-10-12(21(23)24)4-5-13(14)17(22)20-11-3-6-15-16(9-11)26-18(25-15)7-1-2-8-18/h3-6,9-10H,1-2,7-8H2,(H,20,22). The molecule has 1 aliphatic carbocycles. The van der Waals surface area contributed by atoms with Crippen molar-refractivity contribution >= 4 is 28.9 Å². The largest absolute Gasteiger partial charge is 0.448 e. The number of nitro benzene ring substituents is 1. The van der Waals surface area contributed by atoms with Gasteiger partial charge in [-0.05, 0) is 31.0 Å². The van der Waals surface area contributed by atoms with Crippen molar-refractivity contribution in [2.45, 2.75) is 31.5 Å². The summed E-state index contributed by atoms with van der Waals surface area (Å²) in [6.45, 7) is 0. The molecule has 0 atom stereocenters. The number of halogens is 1. The Labute approximate surface area is 154 Å². The summed E-state index contributed by atoms with van der Waals surface area (Å²) in [7, 11) is 0. The predicted molar refractivity (Wildman–Crippen MR) is 95.0 cm³/mol. The fraction of sp³-hybridized carbons (Fsp3) is 0.278. The number of nitro groups is 1. The molecule has 7 nitrogen and oxygen atoms in total. The Morgan fingerprint density at radius 2 is 1.85 bits per heavy atom. The molecule has 8 heteroatoms. The van der Waals surface area contributed by atoms with Crippen molar-refractivity contribution in [1.29, 1.82) is 0 Å².